The van der Waals surface area contributed by atoms with E-state index in [1.165, 1.54) is 23.6 Å². The summed E-state index contributed by atoms with van der Waals surface area (Å²) in [6.45, 7) is 0. The van der Waals surface area contributed by atoms with E-state index < -0.39 is 8.56 Å². The van der Waals surface area contributed by atoms with Gasteiger partial charge < -0.3 is 9.59 Å². The zero-order valence-electron chi connectivity index (χ0n) is 7.01. The summed E-state index contributed by atoms with van der Waals surface area (Å²) in [7, 11) is -3.44. The summed E-state index contributed by atoms with van der Waals surface area (Å²) in [4.78, 5) is 18.5. The maximum absolute atomic E-state index is 9.27. The second kappa shape index (κ2) is 6.15. The van der Waals surface area contributed by atoms with Crippen molar-refractivity contribution in [2.24, 2.45) is 0 Å². The Morgan fingerprint density at radius 3 is 1.69 bits per heavy atom. The first kappa shape index (κ1) is 11.6. The van der Waals surface area contributed by atoms with Crippen LogP contribution in [0.3, 0.4) is 0 Å². The van der Waals surface area contributed by atoms with Crippen LogP contribution in [0.4, 0.5) is 0 Å². The van der Waals surface area contributed by atoms with Crippen molar-refractivity contribution >= 4 is 8.56 Å². The minimum atomic E-state index is -3.44. The van der Waals surface area contributed by atoms with Crippen LogP contribution >= 0.6 is 0 Å². The van der Waals surface area contributed by atoms with E-state index in [1.54, 1.807) is 0 Å². The van der Waals surface area contributed by atoms with Crippen LogP contribution in [0.25, 0.3) is 0 Å². The van der Waals surface area contributed by atoms with Crippen LogP contribution in [0.2, 0.25) is 0 Å². The molecule has 0 saturated heterocycles. The van der Waals surface area contributed by atoms with Crippen LogP contribution < -0.4 is 0 Å². The monoisotopic (exact) mass is 194 g/mol. The van der Waals surface area contributed by atoms with E-state index in [-0.39, 0.29) is 12.8 Å². The number of allylic oxidation sites excluding steroid dienone is 2. The van der Waals surface area contributed by atoms with Crippen molar-refractivity contribution in [2.45, 2.75) is 12.8 Å². The van der Waals surface area contributed by atoms with Crippen LogP contribution in [0.1, 0.15) is 12.8 Å². The van der Waals surface area contributed by atoms with Crippen LogP contribution in [0.15, 0.2) is 23.6 Å². The molecule has 0 amide bonds. The van der Waals surface area contributed by atoms with Crippen LogP contribution in [0, 0.1) is 22.7 Å². The molecular weight excluding hydrogens is 184 g/mol. The van der Waals surface area contributed by atoms with E-state index in [0.29, 0.717) is 0 Å². The highest BCUT2D eigenvalue weighted by Crippen LogP contribution is 1.99. The lowest BCUT2D eigenvalue weighted by Crippen LogP contribution is -2.29. The summed E-state index contributed by atoms with van der Waals surface area (Å²) in [6.07, 6.45) is 3.12. The third kappa shape index (κ3) is 6.97. The highest BCUT2D eigenvalue weighted by atomic mass is 28.4. The summed E-state index contributed by atoms with van der Waals surface area (Å²) >= 11 is 0. The van der Waals surface area contributed by atoms with E-state index in [0.717, 1.165) is 0 Å². The number of rotatable bonds is 4. The van der Waals surface area contributed by atoms with Crippen molar-refractivity contribution < 1.29 is 9.59 Å². The number of hydrogen-bond donors (Lipinski definition) is 2. The Hall–Kier alpha value is -1.40. The summed E-state index contributed by atoms with van der Waals surface area (Å²) in [5.74, 6) is 0. The molecule has 0 aliphatic rings. The molecule has 0 aromatic heterocycles. The van der Waals surface area contributed by atoms with Gasteiger partial charge in [-0.1, -0.05) is 12.2 Å². The second-order valence-electron chi connectivity index (χ2n) is 2.31. The van der Waals surface area contributed by atoms with Gasteiger partial charge in [0.2, 0.25) is 0 Å². The van der Waals surface area contributed by atoms with E-state index in [9.17, 15) is 9.59 Å². The molecule has 4 nitrogen and oxygen atoms in total. The fourth-order valence-corrected chi connectivity index (χ4v) is 1.67. The predicted molar refractivity (Wildman–Crippen MR) is 48.9 cm³/mol. The van der Waals surface area contributed by atoms with Gasteiger partial charge in [0.25, 0.3) is 0 Å². The lowest BCUT2D eigenvalue weighted by molar-refractivity contribution is 0.397. The van der Waals surface area contributed by atoms with Gasteiger partial charge in [0.05, 0.1) is 25.0 Å². The van der Waals surface area contributed by atoms with Crippen LogP contribution in [-0.4, -0.2) is 18.2 Å². The van der Waals surface area contributed by atoms with E-state index in [4.69, 9.17) is 10.5 Å². The van der Waals surface area contributed by atoms with E-state index >= 15 is 0 Å². The SMILES string of the molecule is N#CC/C=C/[Si](O)(O)/C=C/CC#N. The first-order valence-electron chi connectivity index (χ1n) is 3.66. The molecule has 0 radical (unpaired) electrons. The highest BCUT2D eigenvalue weighted by Gasteiger charge is 2.20. The first-order chi connectivity index (χ1) is 6.12. The number of hydrogen-bond acceptors (Lipinski definition) is 4. The molecule has 0 saturated carbocycles. The van der Waals surface area contributed by atoms with Gasteiger partial charge in [-0.25, -0.2) is 0 Å². The molecule has 0 spiro atoms. The molecule has 0 fully saturated rings. The van der Waals surface area contributed by atoms with Gasteiger partial charge in [-0.05, 0) is 11.4 Å². The topological polar surface area (TPSA) is 88.0 Å². The first-order valence-corrected chi connectivity index (χ1v) is 5.71. The molecule has 0 aromatic rings. The zero-order chi connectivity index (χ0) is 10.2. The molecule has 68 valence electrons. The molecule has 13 heavy (non-hydrogen) atoms. The third-order valence-corrected chi connectivity index (χ3v) is 2.60. The molecule has 2 N–H and O–H groups in total. The highest BCUT2D eigenvalue weighted by molar-refractivity contribution is 6.75. The van der Waals surface area contributed by atoms with Crippen molar-refractivity contribution in [3.8, 4) is 12.1 Å². The average molecular weight is 194 g/mol. The minimum Gasteiger partial charge on any atom is -0.405 e. The quantitative estimate of drug-likeness (QED) is 0.635. The van der Waals surface area contributed by atoms with Gasteiger partial charge >= 0.3 is 8.56 Å². The number of nitriles is 2. The molecule has 0 aliphatic heterocycles. The Morgan fingerprint density at radius 1 is 1.00 bits per heavy atom. The fourth-order valence-electron chi connectivity index (χ4n) is 0.626. The summed E-state index contributed by atoms with van der Waals surface area (Å²) in [5, 5.41) is 16.3. The van der Waals surface area contributed by atoms with Crippen molar-refractivity contribution in [1.29, 1.82) is 10.5 Å². The smallest absolute Gasteiger partial charge is 0.386 e. The Bertz CT molecular complexity index is 255. The predicted octanol–water partition coefficient (Wildman–Crippen LogP) is 0.431. The van der Waals surface area contributed by atoms with Crippen molar-refractivity contribution in [1.82, 2.24) is 0 Å². The Morgan fingerprint density at radius 2 is 1.38 bits per heavy atom. The van der Waals surface area contributed by atoms with Gasteiger partial charge in [-0.15, -0.1) is 0 Å². The Labute approximate surface area is 77.9 Å². The minimum absolute atomic E-state index is 0.155. The van der Waals surface area contributed by atoms with E-state index in [2.05, 4.69) is 0 Å². The van der Waals surface area contributed by atoms with Crippen molar-refractivity contribution in [3.63, 3.8) is 0 Å². The van der Waals surface area contributed by atoms with Gasteiger partial charge in [0.1, 0.15) is 0 Å². The van der Waals surface area contributed by atoms with Gasteiger partial charge in [-0.3, -0.25) is 0 Å². The standard InChI is InChI=1S/C8H10N2O2Si/c9-5-1-3-7-13(11,12)8-4-2-6-10/h3-4,7-8,11-12H,1-2H2/b7-3+,8-4+. The van der Waals surface area contributed by atoms with E-state index in [1.807, 2.05) is 12.1 Å². The molecule has 0 rings (SSSR count). The molecule has 0 atom stereocenters. The van der Waals surface area contributed by atoms with Crippen molar-refractivity contribution in [2.75, 3.05) is 0 Å². The van der Waals surface area contributed by atoms with Crippen molar-refractivity contribution in [3.05, 3.63) is 23.6 Å². The molecule has 0 aliphatic carbocycles. The Kier molecular flexibility index (Phi) is 5.49. The third-order valence-electron chi connectivity index (χ3n) is 1.14. The van der Waals surface area contributed by atoms with Crippen LogP contribution in [0.5, 0.6) is 0 Å². The summed E-state index contributed by atoms with van der Waals surface area (Å²) < 4.78 is 0. The summed E-state index contributed by atoms with van der Waals surface area (Å²) in [5.41, 5.74) is 2.45. The molecular formula is C8H10N2O2Si. The maximum Gasteiger partial charge on any atom is 0.386 e. The lowest BCUT2D eigenvalue weighted by Gasteiger charge is -2.05. The summed E-state index contributed by atoms with van der Waals surface area (Å²) in [6, 6.07) is 3.69. The molecule has 0 heterocycles. The average Bonchev–Trinajstić information content (AvgIpc) is 2.05. The largest absolute Gasteiger partial charge is 0.405 e. The fraction of sp³-hybridized carbons (Fsp3) is 0.250. The maximum atomic E-state index is 9.27. The molecule has 0 unspecified atom stereocenters. The molecule has 0 bridgehead atoms. The van der Waals surface area contributed by atoms with Crippen LogP contribution in [-0.2, 0) is 0 Å². The Balaban J connectivity index is 4.10. The lowest BCUT2D eigenvalue weighted by atomic mass is 10.5. The zero-order valence-corrected chi connectivity index (χ0v) is 8.01. The van der Waals surface area contributed by atoms with Gasteiger partial charge in [0.15, 0.2) is 0 Å². The number of nitrogens with zero attached hydrogens (tertiary/aromatic N) is 2. The van der Waals surface area contributed by atoms with Gasteiger partial charge in [-0.2, -0.15) is 10.5 Å². The second-order valence-corrected chi connectivity index (χ2v) is 4.55. The molecule has 5 heteroatoms. The molecule has 0 aromatic carbocycles. The normalized spacial score (nSPS) is 11.7. The van der Waals surface area contributed by atoms with Gasteiger partial charge in [0, 0.05) is 0 Å².